The van der Waals surface area contributed by atoms with Crippen LogP contribution in [-0.4, -0.2) is 48.1 Å². The van der Waals surface area contributed by atoms with Crippen LogP contribution in [0.5, 0.6) is 0 Å². The van der Waals surface area contributed by atoms with Gasteiger partial charge in [0.2, 0.25) is 11.8 Å². The molecular formula is C16H28N2O3. The van der Waals surface area contributed by atoms with Gasteiger partial charge in [-0.1, -0.05) is 20.3 Å². The number of carbonyl (C=O) groups excluding carboxylic acids is 2. The highest BCUT2D eigenvalue weighted by Gasteiger charge is 2.58. The van der Waals surface area contributed by atoms with Gasteiger partial charge in [0, 0.05) is 7.11 Å². The van der Waals surface area contributed by atoms with Gasteiger partial charge in [-0.15, -0.1) is 0 Å². The average Bonchev–Trinajstić information content (AvgIpc) is 3.27. The van der Waals surface area contributed by atoms with Gasteiger partial charge in [0.05, 0.1) is 12.6 Å². The number of hydrogen-bond donors (Lipinski definition) is 1. The molecular weight excluding hydrogens is 268 g/mol. The van der Waals surface area contributed by atoms with Crippen molar-refractivity contribution >= 4 is 11.8 Å². The second-order valence-electron chi connectivity index (χ2n) is 6.77. The van der Waals surface area contributed by atoms with Crippen molar-refractivity contribution < 1.29 is 14.3 Å². The summed E-state index contributed by atoms with van der Waals surface area (Å²) in [4.78, 5) is 27.5. The van der Waals surface area contributed by atoms with Crippen LogP contribution in [0, 0.1) is 11.8 Å². The van der Waals surface area contributed by atoms with E-state index in [2.05, 4.69) is 5.32 Å². The Morgan fingerprint density at radius 1 is 1.38 bits per heavy atom. The van der Waals surface area contributed by atoms with Crippen LogP contribution in [0.2, 0.25) is 0 Å². The van der Waals surface area contributed by atoms with E-state index < -0.39 is 11.6 Å². The molecule has 0 bridgehead atoms. The lowest BCUT2D eigenvalue weighted by molar-refractivity contribution is -0.164. The quantitative estimate of drug-likeness (QED) is 0.809. The summed E-state index contributed by atoms with van der Waals surface area (Å²) in [6.45, 7) is 8.39. The van der Waals surface area contributed by atoms with Crippen molar-refractivity contribution in [1.29, 1.82) is 0 Å². The van der Waals surface area contributed by atoms with E-state index in [4.69, 9.17) is 4.74 Å². The predicted octanol–water partition coefficient (Wildman–Crippen LogP) is 1.56. The molecule has 2 rings (SSSR count). The zero-order valence-electron chi connectivity index (χ0n) is 13.8. The summed E-state index contributed by atoms with van der Waals surface area (Å²) >= 11 is 0. The standard InChI is InChI=1S/C16H28N2O3/c1-6-10(2)13-14(19)18(11(3)9-21-5)16(4,12-7-8-12)15(20)17-13/h10-13H,6-9H2,1-5H3,(H,17,20). The van der Waals surface area contributed by atoms with E-state index in [0.29, 0.717) is 6.61 Å². The number of hydrogen-bond acceptors (Lipinski definition) is 3. The lowest BCUT2D eigenvalue weighted by Gasteiger charge is -2.50. The fourth-order valence-electron chi connectivity index (χ4n) is 3.48. The topological polar surface area (TPSA) is 58.6 Å². The molecule has 1 N–H and O–H groups in total. The van der Waals surface area contributed by atoms with E-state index in [0.717, 1.165) is 19.3 Å². The van der Waals surface area contributed by atoms with E-state index in [1.807, 2.05) is 32.6 Å². The molecule has 1 saturated heterocycles. The lowest BCUT2D eigenvalue weighted by Crippen LogP contribution is -2.73. The van der Waals surface area contributed by atoms with Crippen LogP contribution in [0.3, 0.4) is 0 Å². The molecule has 4 atom stereocenters. The lowest BCUT2D eigenvalue weighted by atomic mass is 9.84. The van der Waals surface area contributed by atoms with Gasteiger partial charge < -0.3 is 15.0 Å². The summed E-state index contributed by atoms with van der Waals surface area (Å²) in [5.41, 5.74) is -0.723. The predicted molar refractivity (Wildman–Crippen MR) is 80.7 cm³/mol. The molecule has 1 saturated carbocycles. The number of carbonyl (C=O) groups is 2. The van der Waals surface area contributed by atoms with Crippen molar-refractivity contribution in [3.63, 3.8) is 0 Å². The first-order valence-electron chi connectivity index (χ1n) is 8.00. The van der Waals surface area contributed by atoms with Crippen LogP contribution in [0.15, 0.2) is 0 Å². The molecule has 21 heavy (non-hydrogen) atoms. The van der Waals surface area contributed by atoms with Crippen molar-refractivity contribution in [3.05, 3.63) is 0 Å². The monoisotopic (exact) mass is 296 g/mol. The van der Waals surface area contributed by atoms with Crippen LogP contribution < -0.4 is 5.32 Å². The summed E-state index contributed by atoms with van der Waals surface area (Å²) in [5, 5.41) is 2.98. The third-order valence-corrected chi connectivity index (χ3v) is 5.18. The number of methoxy groups -OCH3 is 1. The first-order valence-corrected chi connectivity index (χ1v) is 8.00. The van der Waals surface area contributed by atoms with Gasteiger partial charge in [-0.3, -0.25) is 9.59 Å². The van der Waals surface area contributed by atoms with Crippen LogP contribution >= 0.6 is 0 Å². The van der Waals surface area contributed by atoms with E-state index in [1.54, 1.807) is 7.11 Å². The molecule has 1 aliphatic heterocycles. The van der Waals surface area contributed by atoms with Gasteiger partial charge in [-0.05, 0) is 38.5 Å². The summed E-state index contributed by atoms with van der Waals surface area (Å²) < 4.78 is 5.23. The van der Waals surface area contributed by atoms with Gasteiger partial charge in [-0.2, -0.15) is 0 Å². The zero-order valence-corrected chi connectivity index (χ0v) is 13.8. The van der Waals surface area contributed by atoms with Crippen LogP contribution in [0.4, 0.5) is 0 Å². The highest BCUT2D eigenvalue weighted by atomic mass is 16.5. The number of ether oxygens (including phenoxy) is 1. The van der Waals surface area contributed by atoms with Crippen LogP contribution in [-0.2, 0) is 14.3 Å². The number of amides is 2. The molecule has 0 aromatic heterocycles. The molecule has 4 unspecified atom stereocenters. The molecule has 1 heterocycles. The Bertz CT molecular complexity index is 422. The maximum atomic E-state index is 13.0. The SMILES string of the molecule is CCC(C)C1NC(=O)C(C)(C2CC2)N(C(C)COC)C1=O. The third kappa shape index (κ3) is 2.68. The molecule has 1 aliphatic carbocycles. The minimum absolute atomic E-state index is 0.00199. The molecule has 0 aromatic rings. The van der Waals surface area contributed by atoms with Gasteiger partial charge >= 0.3 is 0 Å². The fraction of sp³-hybridized carbons (Fsp3) is 0.875. The minimum Gasteiger partial charge on any atom is -0.383 e. The highest BCUT2D eigenvalue weighted by molar-refractivity contribution is 6.00. The maximum Gasteiger partial charge on any atom is 0.246 e. The number of nitrogens with zero attached hydrogens (tertiary/aromatic N) is 1. The molecule has 5 nitrogen and oxygen atoms in total. The smallest absolute Gasteiger partial charge is 0.246 e. The normalized spacial score (nSPS) is 32.8. The van der Waals surface area contributed by atoms with Gasteiger partial charge in [0.15, 0.2) is 0 Å². The highest BCUT2D eigenvalue weighted by Crippen LogP contribution is 2.46. The third-order valence-electron chi connectivity index (χ3n) is 5.18. The van der Waals surface area contributed by atoms with Gasteiger partial charge in [0.25, 0.3) is 0 Å². The number of rotatable bonds is 6. The Hall–Kier alpha value is -1.10. The van der Waals surface area contributed by atoms with Crippen LogP contribution in [0.25, 0.3) is 0 Å². The Morgan fingerprint density at radius 3 is 2.48 bits per heavy atom. The van der Waals surface area contributed by atoms with Gasteiger partial charge in [0.1, 0.15) is 11.6 Å². The summed E-state index contributed by atoms with van der Waals surface area (Å²) in [6.07, 6.45) is 2.89. The zero-order chi connectivity index (χ0) is 15.8. The second kappa shape index (κ2) is 5.95. The molecule has 2 amide bonds. The molecule has 0 spiro atoms. The maximum absolute atomic E-state index is 13.0. The Balaban J connectivity index is 2.34. The van der Waals surface area contributed by atoms with E-state index in [-0.39, 0.29) is 29.7 Å². The van der Waals surface area contributed by atoms with E-state index >= 15 is 0 Å². The summed E-state index contributed by atoms with van der Waals surface area (Å²) in [5.74, 6) is 0.460. The molecule has 2 aliphatic rings. The van der Waals surface area contributed by atoms with E-state index in [1.165, 1.54) is 0 Å². The first-order chi connectivity index (χ1) is 9.87. The van der Waals surface area contributed by atoms with Crippen molar-refractivity contribution in [2.24, 2.45) is 11.8 Å². The molecule has 120 valence electrons. The van der Waals surface area contributed by atoms with Crippen molar-refractivity contribution in [3.8, 4) is 0 Å². The second-order valence-corrected chi connectivity index (χ2v) is 6.77. The average molecular weight is 296 g/mol. The van der Waals surface area contributed by atoms with Crippen LogP contribution in [0.1, 0.15) is 47.0 Å². The van der Waals surface area contributed by atoms with Gasteiger partial charge in [-0.25, -0.2) is 0 Å². The largest absolute Gasteiger partial charge is 0.383 e. The molecule has 0 aromatic carbocycles. The fourth-order valence-corrected chi connectivity index (χ4v) is 3.48. The number of nitrogens with one attached hydrogen (secondary N) is 1. The summed E-state index contributed by atoms with van der Waals surface area (Å²) in [7, 11) is 1.63. The summed E-state index contributed by atoms with van der Waals surface area (Å²) in [6, 6.07) is -0.501. The number of piperazine rings is 1. The Labute approximate surface area is 127 Å². The molecule has 5 heteroatoms. The Kier molecular flexibility index (Phi) is 4.61. The van der Waals surface area contributed by atoms with Crippen molar-refractivity contribution in [2.75, 3.05) is 13.7 Å². The van der Waals surface area contributed by atoms with Crippen molar-refractivity contribution in [1.82, 2.24) is 10.2 Å². The molecule has 0 radical (unpaired) electrons. The molecule has 2 fully saturated rings. The first kappa shape index (κ1) is 16.3. The Morgan fingerprint density at radius 2 is 2.00 bits per heavy atom. The van der Waals surface area contributed by atoms with E-state index in [9.17, 15) is 9.59 Å². The minimum atomic E-state index is -0.723. The van der Waals surface area contributed by atoms with Crippen molar-refractivity contribution in [2.45, 2.75) is 64.6 Å².